The lowest BCUT2D eigenvalue weighted by molar-refractivity contribution is -0.154. The zero-order valence-corrected chi connectivity index (χ0v) is 13.4. The average Bonchev–Trinajstić information content (AvgIpc) is 2.96. The molecule has 0 aliphatic rings. The summed E-state index contributed by atoms with van der Waals surface area (Å²) in [5.41, 5.74) is 4.93. The molecular weight excluding hydrogens is 318 g/mol. The zero-order valence-electron chi connectivity index (χ0n) is 13.4. The molecule has 2 heterocycles. The highest BCUT2D eigenvalue weighted by Crippen LogP contribution is 2.09. The van der Waals surface area contributed by atoms with E-state index in [-0.39, 0.29) is 23.4 Å². The smallest absolute Gasteiger partial charge is 0.398 e. The first-order chi connectivity index (χ1) is 11.4. The lowest BCUT2D eigenvalue weighted by atomic mass is 10.2. The van der Waals surface area contributed by atoms with Crippen molar-refractivity contribution in [3.05, 3.63) is 33.4 Å². The number of aromatic nitrogens is 3. The van der Waals surface area contributed by atoms with Crippen LogP contribution in [0.25, 0.3) is 5.65 Å². The van der Waals surface area contributed by atoms with Gasteiger partial charge in [0, 0.05) is 17.5 Å². The Morgan fingerprint density at radius 3 is 2.62 bits per heavy atom. The Hall–Kier alpha value is -3.17. The van der Waals surface area contributed by atoms with Crippen LogP contribution in [0.5, 0.6) is 0 Å². The van der Waals surface area contributed by atoms with Crippen LogP contribution in [-0.4, -0.2) is 39.0 Å². The fraction of sp³-hybridized carbons (Fsp3) is 0.357. The van der Waals surface area contributed by atoms with E-state index in [0.29, 0.717) is 17.7 Å². The molecule has 0 spiro atoms. The number of hydrazine groups is 1. The molecule has 0 unspecified atom stereocenters. The summed E-state index contributed by atoms with van der Waals surface area (Å²) >= 11 is 0. The second kappa shape index (κ2) is 6.94. The van der Waals surface area contributed by atoms with Crippen LogP contribution in [0.2, 0.25) is 0 Å². The number of hydrogen-bond acceptors (Lipinski definition) is 6. The van der Waals surface area contributed by atoms with Gasteiger partial charge in [-0.2, -0.15) is 0 Å². The molecule has 0 saturated heterocycles. The Balaban J connectivity index is 2.24. The lowest BCUT2D eigenvalue weighted by Crippen LogP contribution is -2.45. The van der Waals surface area contributed by atoms with Crippen molar-refractivity contribution in [2.75, 3.05) is 6.61 Å². The number of carbonyl (C=O) groups excluding carboxylic acids is 3. The molecule has 0 bridgehead atoms. The predicted octanol–water partition coefficient (Wildman–Crippen LogP) is -0.782. The normalized spacial score (nSPS) is 10.5. The topological polar surface area (TPSA) is 135 Å². The van der Waals surface area contributed by atoms with Gasteiger partial charge in [-0.25, -0.2) is 14.3 Å². The van der Waals surface area contributed by atoms with E-state index in [9.17, 15) is 19.2 Å². The maximum absolute atomic E-state index is 12.3. The number of aryl methyl sites for hydroxylation is 1. The molecule has 0 radical (unpaired) electrons. The van der Waals surface area contributed by atoms with Gasteiger partial charge in [0.2, 0.25) is 0 Å². The fourth-order valence-corrected chi connectivity index (χ4v) is 2.16. The van der Waals surface area contributed by atoms with Crippen LogP contribution in [0.1, 0.15) is 35.5 Å². The third kappa shape index (κ3) is 3.12. The number of rotatable bonds is 3. The minimum absolute atomic E-state index is 0.0362. The first kappa shape index (κ1) is 17.2. The monoisotopic (exact) mass is 335 g/mol. The largest absolute Gasteiger partial charge is 0.459 e. The zero-order chi connectivity index (χ0) is 17.9. The molecule has 0 aliphatic carbocycles. The molecule has 10 heteroatoms. The number of ether oxygens (including phenoxy) is 1. The van der Waals surface area contributed by atoms with Crippen molar-refractivity contribution in [3.8, 4) is 0 Å². The second-order valence-corrected chi connectivity index (χ2v) is 4.81. The van der Waals surface area contributed by atoms with E-state index < -0.39 is 17.8 Å². The highest BCUT2D eigenvalue weighted by molar-refractivity contribution is 6.32. The van der Waals surface area contributed by atoms with E-state index in [2.05, 4.69) is 20.2 Å². The molecule has 3 N–H and O–H groups in total. The van der Waals surface area contributed by atoms with Gasteiger partial charge in [-0.3, -0.25) is 30.3 Å². The Morgan fingerprint density at radius 1 is 1.29 bits per heavy atom. The second-order valence-electron chi connectivity index (χ2n) is 4.81. The van der Waals surface area contributed by atoms with Gasteiger partial charge in [0.25, 0.3) is 11.5 Å². The summed E-state index contributed by atoms with van der Waals surface area (Å²) in [6.45, 7) is 5.09. The van der Waals surface area contributed by atoms with Gasteiger partial charge in [0.15, 0.2) is 5.65 Å². The molecular formula is C14H17N5O5. The van der Waals surface area contributed by atoms with Crippen molar-refractivity contribution in [2.45, 2.75) is 27.2 Å². The Morgan fingerprint density at radius 2 is 2.00 bits per heavy atom. The first-order valence-corrected chi connectivity index (χ1v) is 7.27. The van der Waals surface area contributed by atoms with E-state index in [0.717, 1.165) is 4.52 Å². The fourth-order valence-electron chi connectivity index (χ4n) is 2.16. The molecule has 0 aromatic carbocycles. The van der Waals surface area contributed by atoms with Gasteiger partial charge in [-0.1, -0.05) is 6.92 Å². The number of esters is 1. The van der Waals surface area contributed by atoms with Gasteiger partial charge in [0.1, 0.15) is 5.56 Å². The minimum atomic E-state index is -1.12. The molecule has 2 amide bonds. The molecule has 2 aromatic rings. The van der Waals surface area contributed by atoms with Crippen LogP contribution in [0.4, 0.5) is 0 Å². The quantitative estimate of drug-likeness (QED) is 0.382. The van der Waals surface area contributed by atoms with Gasteiger partial charge in [0.05, 0.1) is 6.61 Å². The van der Waals surface area contributed by atoms with E-state index in [1.54, 1.807) is 13.8 Å². The third-order valence-corrected chi connectivity index (χ3v) is 3.31. The summed E-state index contributed by atoms with van der Waals surface area (Å²) in [7, 11) is 0. The Bertz CT molecular complexity index is 866. The summed E-state index contributed by atoms with van der Waals surface area (Å²) < 4.78 is 5.63. The number of aromatic amines is 1. The Labute approximate surface area is 136 Å². The van der Waals surface area contributed by atoms with Gasteiger partial charge in [-0.05, 0) is 20.3 Å². The first-order valence-electron chi connectivity index (χ1n) is 7.27. The van der Waals surface area contributed by atoms with Crippen molar-refractivity contribution in [3.63, 3.8) is 0 Å². The Kier molecular flexibility index (Phi) is 4.97. The van der Waals surface area contributed by atoms with Crippen LogP contribution in [0.3, 0.4) is 0 Å². The molecule has 24 heavy (non-hydrogen) atoms. The van der Waals surface area contributed by atoms with Gasteiger partial charge < -0.3 is 4.74 Å². The van der Waals surface area contributed by atoms with Crippen LogP contribution in [-0.2, 0) is 20.7 Å². The molecule has 0 saturated carbocycles. The number of H-pyrrole nitrogens is 1. The third-order valence-electron chi connectivity index (χ3n) is 3.31. The van der Waals surface area contributed by atoms with Crippen molar-refractivity contribution in [2.24, 2.45) is 0 Å². The van der Waals surface area contributed by atoms with Crippen LogP contribution >= 0.6 is 0 Å². The molecule has 0 fully saturated rings. The standard InChI is InChI=1S/C14H17N5O5/c1-4-8-7(3)16-10-9(6-15-19(10)13(8)22)11(20)17-18-12(21)14(23)24-5-2/h6,15H,4-5H2,1-3H3,(H,17,20)(H,18,21). The van der Waals surface area contributed by atoms with Crippen molar-refractivity contribution < 1.29 is 19.1 Å². The SMILES string of the molecule is CCOC(=O)C(=O)NNC(=O)c1c[nH]n2c(=O)c(CC)c(C)nc12. The highest BCUT2D eigenvalue weighted by atomic mass is 16.5. The number of nitrogens with zero attached hydrogens (tertiary/aromatic N) is 2. The molecule has 0 atom stereocenters. The van der Waals surface area contributed by atoms with Crippen LogP contribution < -0.4 is 16.4 Å². The van der Waals surface area contributed by atoms with E-state index in [1.807, 2.05) is 12.3 Å². The van der Waals surface area contributed by atoms with E-state index in [4.69, 9.17) is 0 Å². The molecule has 128 valence electrons. The summed E-state index contributed by atoms with van der Waals surface area (Å²) in [6.07, 6.45) is 1.80. The van der Waals surface area contributed by atoms with Gasteiger partial charge in [-0.15, -0.1) is 0 Å². The molecule has 2 rings (SSSR count). The maximum Gasteiger partial charge on any atom is 0.398 e. The van der Waals surface area contributed by atoms with Crippen LogP contribution in [0.15, 0.2) is 11.0 Å². The number of fused-ring (bicyclic) bond motifs is 1. The molecule has 0 aliphatic heterocycles. The van der Waals surface area contributed by atoms with Crippen molar-refractivity contribution in [1.29, 1.82) is 0 Å². The van der Waals surface area contributed by atoms with E-state index >= 15 is 0 Å². The molecule has 10 nitrogen and oxygen atoms in total. The minimum Gasteiger partial charge on any atom is -0.459 e. The van der Waals surface area contributed by atoms with E-state index in [1.165, 1.54) is 6.20 Å². The maximum atomic E-state index is 12.3. The average molecular weight is 335 g/mol. The number of carbonyl (C=O) groups is 3. The summed E-state index contributed by atoms with van der Waals surface area (Å²) in [5, 5.41) is 2.65. The summed E-state index contributed by atoms with van der Waals surface area (Å²) in [6, 6.07) is 0. The summed E-state index contributed by atoms with van der Waals surface area (Å²) in [5.74, 6) is -2.96. The van der Waals surface area contributed by atoms with Crippen molar-refractivity contribution in [1.82, 2.24) is 25.4 Å². The summed E-state index contributed by atoms with van der Waals surface area (Å²) in [4.78, 5) is 51.2. The number of nitrogens with one attached hydrogen (secondary N) is 3. The molecule has 2 aromatic heterocycles. The van der Waals surface area contributed by atoms with Gasteiger partial charge >= 0.3 is 11.9 Å². The number of amides is 2. The lowest BCUT2D eigenvalue weighted by Gasteiger charge is -2.06. The van der Waals surface area contributed by atoms with Crippen LogP contribution in [0, 0.1) is 6.92 Å². The van der Waals surface area contributed by atoms with Crippen molar-refractivity contribution >= 4 is 23.4 Å². The number of hydrogen-bond donors (Lipinski definition) is 3. The highest BCUT2D eigenvalue weighted by Gasteiger charge is 2.20. The predicted molar refractivity (Wildman–Crippen MR) is 82.2 cm³/mol.